The van der Waals surface area contributed by atoms with E-state index >= 15 is 0 Å². The van der Waals surface area contributed by atoms with E-state index in [0.29, 0.717) is 73.1 Å². The smallest absolute Gasteiger partial charge is 0.193 e. The van der Waals surface area contributed by atoms with Crippen LogP contribution in [-0.4, -0.2) is 64.7 Å². The lowest BCUT2D eigenvalue weighted by atomic mass is 10.1. The molecule has 0 saturated heterocycles. The first kappa shape index (κ1) is 32.7. The summed E-state index contributed by atoms with van der Waals surface area (Å²) in [5.41, 5.74) is 2.62. The van der Waals surface area contributed by atoms with E-state index in [9.17, 15) is 9.59 Å². The molecule has 2 heterocycles. The highest BCUT2D eigenvalue weighted by Crippen LogP contribution is 2.25. The molecule has 0 unspecified atom stereocenters. The summed E-state index contributed by atoms with van der Waals surface area (Å²) in [4.78, 5) is 26.9. The van der Waals surface area contributed by atoms with Crippen molar-refractivity contribution in [3.8, 4) is 34.1 Å². The van der Waals surface area contributed by atoms with Crippen molar-refractivity contribution in [2.24, 2.45) is 0 Å². The minimum Gasteiger partial charge on any atom is -0.491 e. The molecular weight excluding hydrogens is 610 g/mol. The molecular formula is C39H37NO8. The number of nitrogens with zero attached hydrogens (tertiary/aromatic N) is 1. The number of hydrogen-bond donors (Lipinski definition) is 0. The Morgan fingerprint density at radius 2 is 0.938 bits per heavy atom. The minimum absolute atomic E-state index is 0.0657. The first-order valence-corrected chi connectivity index (χ1v) is 15.9. The van der Waals surface area contributed by atoms with Crippen LogP contribution in [0, 0.1) is 0 Å². The van der Waals surface area contributed by atoms with Crippen LogP contribution < -0.4 is 20.3 Å². The highest BCUT2D eigenvalue weighted by atomic mass is 16.5. The molecule has 6 aromatic rings. The number of likely N-dealkylation sites (N-methyl/N-ethyl adjacent to an activating group) is 1. The van der Waals surface area contributed by atoms with Crippen molar-refractivity contribution in [3.05, 3.63) is 130 Å². The zero-order valence-electron chi connectivity index (χ0n) is 26.8. The number of hydrogen-bond acceptors (Lipinski definition) is 9. The summed E-state index contributed by atoms with van der Waals surface area (Å²) in [6.07, 6.45) is 0. The van der Waals surface area contributed by atoms with Crippen LogP contribution in [0.4, 0.5) is 0 Å². The molecule has 0 spiro atoms. The second-order valence-electron chi connectivity index (χ2n) is 11.2. The van der Waals surface area contributed by atoms with E-state index in [0.717, 1.165) is 35.7 Å². The predicted molar refractivity (Wildman–Crippen MR) is 186 cm³/mol. The third-order valence-corrected chi connectivity index (χ3v) is 7.77. The zero-order valence-corrected chi connectivity index (χ0v) is 26.8. The summed E-state index contributed by atoms with van der Waals surface area (Å²) in [6.45, 7) is 4.52. The van der Waals surface area contributed by atoms with E-state index in [1.807, 2.05) is 79.8 Å². The number of benzene rings is 4. The quantitative estimate of drug-likeness (QED) is 0.107. The number of ether oxygens (including phenoxy) is 4. The molecule has 246 valence electrons. The normalized spacial score (nSPS) is 11.4. The molecule has 4 aromatic carbocycles. The average Bonchev–Trinajstić information content (AvgIpc) is 3.11. The third-order valence-electron chi connectivity index (χ3n) is 7.77. The van der Waals surface area contributed by atoms with Crippen LogP contribution in [-0.2, 0) is 9.47 Å². The summed E-state index contributed by atoms with van der Waals surface area (Å²) in [5, 5.41) is 1.14. The van der Waals surface area contributed by atoms with Crippen LogP contribution in [0.15, 0.2) is 128 Å². The Morgan fingerprint density at radius 1 is 0.521 bits per heavy atom. The first-order valence-electron chi connectivity index (χ1n) is 15.9. The third kappa shape index (κ3) is 8.57. The van der Waals surface area contributed by atoms with Gasteiger partial charge in [-0.25, -0.2) is 0 Å². The Morgan fingerprint density at radius 3 is 1.38 bits per heavy atom. The van der Waals surface area contributed by atoms with Gasteiger partial charge in [-0.05, 0) is 79.8 Å². The topological polar surface area (TPSA) is 101 Å². The molecule has 0 fully saturated rings. The largest absolute Gasteiger partial charge is 0.491 e. The van der Waals surface area contributed by atoms with Gasteiger partial charge in [0.2, 0.25) is 0 Å². The van der Waals surface area contributed by atoms with Gasteiger partial charge in [-0.1, -0.05) is 24.3 Å². The van der Waals surface area contributed by atoms with Gasteiger partial charge in [0.1, 0.15) is 47.4 Å². The summed E-state index contributed by atoms with van der Waals surface area (Å²) >= 11 is 0. The van der Waals surface area contributed by atoms with Crippen molar-refractivity contribution in [1.29, 1.82) is 0 Å². The summed E-state index contributed by atoms with van der Waals surface area (Å²) in [7, 11) is 2.03. The molecule has 0 radical (unpaired) electrons. The summed E-state index contributed by atoms with van der Waals surface area (Å²) in [6, 6.07) is 32.4. The molecule has 0 aliphatic rings. The SMILES string of the molecule is CN(CCOCCOc1ccc(-c2cc(=O)c3ccccc3o2)cc1)CCOCCOc1ccc(-c2cc(=O)c3ccccc3o2)cc1. The van der Waals surface area contributed by atoms with Crippen molar-refractivity contribution in [2.45, 2.75) is 0 Å². The van der Waals surface area contributed by atoms with Gasteiger partial charge in [0.15, 0.2) is 10.9 Å². The molecule has 0 aliphatic heterocycles. The molecule has 6 rings (SSSR count). The van der Waals surface area contributed by atoms with Crippen LogP contribution in [0.3, 0.4) is 0 Å². The van der Waals surface area contributed by atoms with E-state index < -0.39 is 0 Å². The highest BCUT2D eigenvalue weighted by Gasteiger charge is 2.09. The summed E-state index contributed by atoms with van der Waals surface area (Å²) in [5.74, 6) is 2.48. The fourth-order valence-corrected chi connectivity index (χ4v) is 5.12. The minimum atomic E-state index is -0.0657. The molecule has 48 heavy (non-hydrogen) atoms. The average molecular weight is 648 g/mol. The maximum Gasteiger partial charge on any atom is 0.193 e. The standard InChI is InChI=1S/C39H37NO8/c1-40(18-20-43-22-24-45-30-14-10-28(11-15-30)38-26-34(41)32-6-2-4-8-36(32)47-38)19-21-44-23-25-46-31-16-12-29(13-17-31)39-27-35(42)33-7-3-5-9-37(33)48-39/h2-17,26-27H,18-25H2,1H3. The van der Waals surface area contributed by atoms with E-state index in [1.54, 1.807) is 24.3 Å². The van der Waals surface area contributed by atoms with Gasteiger partial charge >= 0.3 is 0 Å². The van der Waals surface area contributed by atoms with Crippen LogP contribution in [0.5, 0.6) is 11.5 Å². The van der Waals surface area contributed by atoms with Crippen molar-refractivity contribution >= 4 is 21.9 Å². The first-order chi connectivity index (χ1) is 23.5. The van der Waals surface area contributed by atoms with Gasteiger partial charge in [-0.2, -0.15) is 0 Å². The van der Waals surface area contributed by atoms with E-state index in [4.69, 9.17) is 27.8 Å². The maximum atomic E-state index is 12.4. The highest BCUT2D eigenvalue weighted by molar-refractivity contribution is 5.79. The zero-order chi connectivity index (χ0) is 33.1. The van der Waals surface area contributed by atoms with Gasteiger partial charge in [-0.15, -0.1) is 0 Å². The summed E-state index contributed by atoms with van der Waals surface area (Å²) < 4.78 is 34.9. The van der Waals surface area contributed by atoms with E-state index in [1.165, 1.54) is 12.1 Å². The lowest BCUT2D eigenvalue weighted by Gasteiger charge is -2.17. The Balaban J connectivity index is 0.812. The Hall–Kier alpha value is -5.22. The Labute approximate surface area is 277 Å². The monoisotopic (exact) mass is 647 g/mol. The lowest BCUT2D eigenvalue weighted by molar-refractivity contribution is 0.0630. The number of fused-ring (bicyclic) bond motifs is 2. The van der Waals surface area contributed by atoms with Gasteiger partial charge in [-0.3, -0.25) is 9.59 Å². The van der Waals surface area contributed by atoms with Crippen molar-refractivity contribution in [3.63, 3.8) is 0 Å². The second-order valence-corrected chi connectivity index (χ2v) is 11.2. The molecule has 0 bridgehead atoms. The van der Waals surface area contributed by atoms with Crippen molar-refractivity contribution in [2.75, 3.05) is 59.8 Å². The van der Waals surface area contributed by atoms with Gasteiger partial charge < -0.3 is 32.7 Å². The van der Waals surface area contributed by atoms with Crippen LogP contribution in [0.1, 0.15) is 0 Å². The fraction of sp³-hybridized carbons (Fsp3) is 0.231. The van der Waals surface area contributed by atoms with E-state index in [-0.39, 0.29) is 10.9 Å². The maximum absolute atomic E-state index is 12.4. The number of para-hydroxylation sites is 2. The molecule has 0 aliphatic carbocycles. The molecule has 0 N–H and O–H groups in total. The second kappa shape index (κ2) is 16.1. The van der Waals surface area contributed by atoms with Gasteiger partial charge in [0, 0.05) is 36.3 Å². The predicted octanol–water partition coefficient (Wildman–Crippen LogP) is 6.66. The van der Waals surface area contributed by atoms with Gasteiger partial charge in [0.05, 0.1) is 37.2 Å². The van der Waals surface area contributed by atoms with Crippen molar-refractivity contribution < 1.29 is 27.8 Å². The number of rotatable bonds is 16. The molecule has 9 nitrogen and oxygen atoms in total. The Kier molecular flexibility index (Phi) is 10.9. The Bertz CT molecular complexity index is 1900. The molecule has 0 saturated carbocycles. The molecule has 0 atom stereocenters. The van der Waals surface area contributed by atoms with Crippen LogP contribution >= 0.6 is 0 Å². The molecule has 9 heteroatoms. The van der Waals surface area contributed by atoms with Gasteiger partial charge in [0.25, 0.3) is 0 Å². The lowest BCUT2D eigenvalue weighted by Crippen LogP contribution is -2.28. The molecule has 0 amide bonds. The van der Waals surface area contributed by atoms with Crippen molar-refractivity contribution in [1.82, 2.24) is 4.90 Å². The fourth-order valence-electron chi connectivity index (χ4n) is 5.12. The molecule has 2 aromatic heterocycles. The van der Waals surface area contributed by atoms with Crippen LogP contribution in [0.25, 0.3) is 44.6 Å². The van der Waals surface area contributed by atoms with Crippen LogP contribution in [0.2, 0.25) is 0 Å². The van der Waals surface area contributed by atoms with E-state index in [2.05, 4.69) is 4.90 Å².